The third kappa shape index (κ3) is 3.56. The first-order chi connectivity index (χ1) is 10.8. The monoisotopic (exact) mass is 334 g/mol. The minimum absolute atomic E-state index is 0. The molecule has 1 aliphatic carbocycles. The SMILES string of the molecule is Cl.O=C(C1[C@H]2CNC[C@@H]12)N1CCC(CCc2ccccc2)CC1. The van der Waals surface area contributed by atoms with Gasteiger partial charge in [-0.1, -0.05) is 30.3 Å². The molecule has 0 aromatic heterocycles. The van der Waals surface area contributed by atoms with Crippen molar-refractivity contribution in [1.82, 2.24) is 10.2 Å². The predicted molar refractivity (Wildman–Crippen MR) is 94.7 cm³/mol. The van der Waals surface area contributed by atoms with E-state index in [4.69, 9.17) is 0 Å². The molecule has 4 heteroatoms. The van der Waals surface area contributed by atoms with Gasteiger partial charge in [0, 0.05) is 19.0 Å². The highest BCUT2D eigenvalue weighted by Crippen LogP contribution is 2.49. The number of hydrogen-bond acceptors (Lipinski definition) is 2. The molecule has 1 unspecified atom stereocenters. The van der Waals surface area contributed by atoms with Crippen molar-refractivity contribution in [3.8, 4) is 0 Å². The summed E-state index contributed by atoms with van der Waals surface area (Å²) >= 11 is 0. The molecule has 3 fully saturated rings. The van der Waals surface area contributed by atoms with E-state index in [9.17, 15) is 4.79 Å². The smallest absolute Gasteiger partial charge is 0.226 e. The van der Waals surface area contributed by atoms with Gasteiger partial charge in [-0.15, -0.1) is 12.4 Å². The first kappa shape index (κ1) is 16.8. The molecule has 2 heterocycles. The molecule has 0 spiro atoms. The molecular formula is C19H27ClN2O. The Labute approximate surface area is 145 Å². The lowest BCUT2D eigenvalue weighted by atomic mass is 9.90. The van der Waals surface area contributed by atoms with Crippen molar-refractivity contribution < 1.29 is 4.79 Å². The van der Waals surface area contributed by atoms with Crippen LogP contribution in [0, 0.1) is 23.7 Å². The fourth-order valence-corrected chi connectivity index (χ4v) is 4.45. The average Bonchev–Trinajstić information content (AvgIpc) is 3.05. The van der Waals surface area contributed by atoms with Gasteiger partial charge in [0.2, 0.25) is 5.91 Å². The lowest BCUT2D eigenvalue weighted by molar-refractivity contribution is -0.134. The molecule has 2 aliphatic heterocycles. The maximum Gasteiger partial charge on any atom is 0.226 e. The number of likely N-dealkylation sites (tertiary alicyclic amines) is 1. The number of hydrogen-bond donors (Lipinski definition) is 1. The number of aryl methyl sites for hydroxylation is 1. The number of benzene rings is 1. The van der Waals surface area contributed by atoms with E-state index < -0.39 is 0 Å². The largest absolute Gasteiger partial charge is 0.342 e. The summed E-state index contributed by atoms with van der Waals surface area (Å²) in [5.74, 6) is 2.93. The number of amides is 1. The molecule has 3 atom stereocenters. The molecule has 23 heavy (non-hydrogen) atoms. The van der Waals surface area contributed by atoms with Gasteiger partial charge in [-0.3, -0.25) is 4.79 Å². The number of halogens is 1. The summed E-state index contributed by atoms with van der Waals surface area (Å²) in [5.41, 5.74) is 1.44. The fourth-order valence-electron chi connectivity index (χ4n) is 4.45. The third-order valence-corrected chi connectivity index (χ3v) is 5.99. The van der Waals surface area contributed by atoms with E-state index in [1.54, 1.807) is 0 Å². The van der Waals surface area contributed by atoms with Gasteiger partial charge in [-0.25, -0.2) is 0 Å². The van der Waals surface area contributed by atoms with Crippen molar-refractivity contribution in [3.63, 3.8) is 0 Å². The van der Waals surface area contributed by atoms with Crippen LogP contribution in [0.5, 0.6) is 0 Å². The topological polar surface area (TPSA) is 32.3 Å². The molecule has 126 valence electrons. The molecule has 2 saturated heterocycles. The molecule has 0 radical (unpaired) electrons. The van der Waals surface area contributed by atoms with E-state index in [1.165, 1.54) is 31.2 Å². The highest BCUT2D eigenvalue weighted by molar-refractivity contribution is 5.85. The van der Waals surface area contributed by atoms with Crippen LogP contribution in [0.3, 0.4) is 0 Å². The number of carbonyl (C=O) groups is 1. The molecule has 1 aromatic carbocycles. The van der Waals surface area contributed by atoms with Crippen molar-refractivity contribution in [1.29, 1.82) is 0 Å². The number of carbonyl (C=O) groups excluding carboxylic acids is 1. The van der Waals surface area contributed by atoms with E-state index >= 15 is 0 Å². The van der Waals surface area contributed by atoms with Gasteiger partial charge in [-0.2, -0.15) is 0 Å². The maximum atomic E-state index is 12.6. The van der Waals surface area contributed by atoms with Crippen molar-refractivity contribution in [3.05, 3.63) is 35.9 Å². The Balaban J connectivity index is 0.00000156. The number of fused-ring (bicyclic) bond motifs is 1. The Hall–Kier alpha value is -1.06. The molecule has 3 nitrogen and oxygen atoms in total. The highest BCUT2D eigenvalue weighted by atomic mass is 35.5. The van der Waals surface area contributed by atoms with E-state index in [-0.39, 0.29) is 12.4 Å². The number of nitrogens with zero attached hydrogens (tertiary/aromatic N) is 1. The van der Waals surface area contributed by atoms with E-state index in [2.05, 4.69) is 40.5 Å². The van der Waals surface area contributed by atoms with Crippen LogP contribution in [0.4, 0.5) is 0 Å². The number of piperidine rings is 2. The molecule has 1 amide bonds. The summed E-state index contributed by atoms with van der Waals surface area (Å²) in [7, 11) is 0. The molecule has 1 N–H and O–H groups in total. The Bertz CT molecular complexity index is 517. The maximum absolute atomic E-state index is 12.6. The zero-order valence-corrected chi connectivity index (χ0v) is 14.4. The van der Waals surface area contributed by atoms with Gasteiger partial charge in [0.15, 0.2) is 0 Å². The lowest BCUT2D eigenvalue weighted by Gasteiger charge is -2.32. The van der Waals surface area contributed by atoms with Crippen LogP contribution in [-0.2, 0) is 11.2 Å². The quantitative estimate of drug-likeness (QED) is 0.918. The second kappa shape index (κ2) is 7.23. The highest BCUT2D eigenvalue weighted by Gasteiger charge is 2.57. The number of rotatable bonds is 4. The van der Waals surface area contributed by atoms with Crippen molar-refractivity contribution in [2.75, 3.05) is 26.2 Å². The second-order valence-corrected chi connectivity index (χ2v) is 7.30. The van der Waals surface area contributed by atoms with Gasteiger partial charge >= 0.3 is 0 Å². The summed E-state index contributed by atoms with van der Waals surface area (Å²) in [6.07, 6.45) is 4.83. The summed E-state index contributed by atoms with van der Waals surface area (Å²) in [6.45, 7) is 4.10. The van der Waals surface area contributed by atoms with Crippen LogP contribution in [0.2, 0.25) is 0 Å². The lowest BCUT2D eigenvalue weighted by Crippen LogP contribution is -2.40. The first-order valence-corrected chi connectivity index (χ1v) is 8.86. The van der Waals surface area contributed by atoms with Gasteiger partial charge in [-0.05, 0) is 62.1 Å². The summed E-state index contributed by atoms with van der Waals surface area (Å²) in [6, 6.07) is 10.8. The zero-order chi connectivity index (χ0) is 14.9. The van der Waals surface area contributed by atoms with Crippen LogP contribution in [0.1, 0.15) is 24.8 Å². The molecule has 1 saturated carbocycles. The summed E-state index contributed by atoms with van der Waals surface area (Å²) in [5, 5.41) is 3.38. The summed E-state index contributed by atoms with van der Waals surface area (Å²) in [4.78, 5) is 14.7. The average molecular weight is 335 g/mol. The Morgan fingerprint density at radius 2 is 1.74 bits per heavy atom. The van der Waals surface area contributed by atoms with Crippen LogP contribution in [-0.4, -0.2) is 37.0 Å². The minimum atomic E-state index is 0. The van der Waals surface area contributed by atoms with E-state index in [0.717, 1.165) is 32.1 Å². The van der Waals surface area contributed by atoms with E-state index in [0.29, 0.717) is 23.7 Å². The van der Waals surface area contributed by atoms with Crippen LogP contribution < -0.4 is 5.32 Å². The zero-order valence-electron chi connectivity index (χ0n) is 13.6. The van der Waals surface area contributed by atoms with Gasteiger partial charge in [0.05, 0.1) is 0 Å². The normalized spacial score (nSPS) is 29.7. The van der Waals surface area contributed by atoms with Gasteiger partial charge in [0.1, 0.15) is 0 Å². The second-order valence-electron chi connectivity index (χ2n) is 7.30. The summed E-state index contributed by atoms with van der Waals surface area (Å²) < 4.78 is 0. The predicted octanol–water partition coefficient (Wildman–Crippen LogP) is 2.75. The molecule has 3 aliphatic rings. The third-order valence-electron chi connectivity index (χ3n) is 5.99. The van der Waals surface area contributed by atoms with Gasteiger partial charge in [0.25, 0.3) is 0 Å². The number of nitrogens with one attached hydrogen (secondary N) is 1. The van der Waals surface area contributed by atoms with Crippen LogP contribution in [0.25, 0.3) is 0 Å². The van der Waals surface area contributed by atoms with Crippen LogP contribution >= 0.6 is 12.4 Å². The Morgan fingerprint density at radius 1 is 1.09 bits per heavy atom. The van der Waals surface area contributed by atoms with Crippen molar-refractivity contribution in [2.45, 2.75) is 25.7 Å². The first-order valence-electron chi connectivity index (χ1n) is 8.86. The van der Waals surface area contributed by atoms with Crippen molar-refractivity contribution >= 4 is 18.3 Å². The molecule has 4 rings (SSSR count). The Morgan fingerprint density at radius 3 is 2.39 bits per heavy atom. The van der Waals surface area contributed by atoms with E-state index in [1.807, 2.05) is 0 Å². The fraction of sp³-hybridized carbons (Fsp3) is 0.632. The molecule has 1 aromatic rings. The van der Waals surface area contributed by atoms with Gasteiger partial charge < -0.3 is 10.2 Å². The Kier molecular flexibility index (Phi) is 5.27. The van der Waals surface area contributed by atoms with Crippen LogP contribution in [0.15, 0.2) is 30.3 Å². The molecular weight excluding hydrogens is 308 g/mol. The van der Waals surface area contributed by atoms with Crippen molar-refractivity contribution in [2.24, 2.45) is 23.7 Å². The standard InChI is InChI=1S/C19H26N2O.ClH/c22-19(18-16-12-20-13-17(16)18)21-10-8-15(9-11-21)7-6-14-4-2-1-3-5-14;/h1-5,15-18,20H,6-13H2;1H/t16-,17+,18?;. The minimum Gasteiger partial charge on any atom is -0.342 e. The molecule has 0 bridgehead atoms.